The van der Waals surface area contributed by atoms with Gasteiger partial charge in [0.25, 0.3) is 0 Å². The molecule has 1 aromatic rings. The summed E-state index contributed by atoms with van der Waals surface area (Å²) < 4.78 is 1.68. The third kappa shape index (κ3) is 3.10. The third-order valence-corrected chi connectivity index (χ3v) is 3.70. The Hall–Kier alpha value is -1.36. The van der Waals surface area contributed by atoms with Crippen LogP contribution >= 0.6 is 0 Å². The average molecular weight is 250 g/mol. The first-order chi connectivity index (χ1) is 8.70. The van der Waals surface area contributed by atoms with Crippen molar-refractivity contribution in [1.82, 2.24) is 14.7 Å². The number of carbonyl (C=O) groups is 1. The molecule has 1 aliphatic rings. The fraction of sp³-hybridized carbons (Fsp3) is 0.692. The lowest BCUT2D eigenvalue weighted by atomic mass is 9.90. The van der Waals surface area contributed by atoms with Crippen molar-refractivity contribution in [2.24, 2.45) is 5.73 Å². The number of rotatable bonds is 4. The topological polar surface area (TPSA) is 64.2 Å². The number of aromatic nitrogens is 2. The molecule has 1 heterocycles. The minimum atomic E-state index is 0.154. The normalized spacial score (nSPS) is 23.9. The van der Waals surface area contributed by atoms with Crippen molar-refractivity contribution in [3.8, 4) is 0 Å². The second-order valence-corrected chi connectivity index (χ2v) is 4.95. The number of likely N-dealkylation sites (N-methyl/N-ethyl adjacent to an activating group) is 1. The lowest BCUT2D eigenvalue weighted by Crippen LogP contribution is -2.45. The first-order valence-corrected chi connectivity index (χ1v) is 6.73. The summed E-state index contributed by atoms with van der Waals surface area (Å²) in [5.41, 5.74) is 5.91. The number of nitrogens with zero attached hydrogens (tertiary/aromatic N) is 3. The molecule has 18 heavy (non-hydrogen) atoms. The first kappa shape index (κ1) is 13.1. The maximum absolute atomic E-state index is 12.3. The Bertz CT molecular complexity index is 368. The maximum Gasteiger partial charge on any atom is 0.244 e. The van der Waals surface area contributed by atoms with Crippen LogP contribution < -0.4 is 5.73 Å². The quantitative estimate of drug-likeness (QED) is 0.867. The van der Waals surface area contributed by atoms with Crippen molar-refractivity contribution in [2.45, 2.75) is 51.2 Å². The Labute approximate surface area is 108 Å². The van der Waals surface area contributed by atoms with Gasteiger partial charge < -0.3 is 10.6 Å². The lowest BCUT2D eigenvalue weighted by molar-refractivity contribution is -0.134. The Morgan fingerprint density at radius 1 is 1.44 bits per heavy atom. The van der Waals surface area contributed by atoms with E-state index in [1.165, 1.54) is 0 Å². The van der Waals surface area contributed by atoms with E-state index in [0.29, 0.717) is 18.6 Å². The largest absolute Gasteiger partial charge is 0.338 e. The van der Waals surface area contributed by atoms with Gasteiger partial charge >= 0.3 is 0 Å². The van der Waals surface area contributed by atoms with Crippen LogP contribution in [-0.4, -0.2) is 39.2 Å². The Morgan fingerprint density at radius 2 is 2.17 bits per heavy atom. The second kappa shape index (κ2) is 6.00. The number of hydrogen-bond donors (Lipinski definition) is 1. The van der Waals surface area contributed by atoms with Crippen molar-refractivity contribution < 1.29 is 4.79 Å². The van der Waals surface area contributed by atoms with Crippen molar-refractivity contribution in [1.29, 1.82) is 0 Å². The molecule has 0 atom stereocenters. The molecule has 1 fully saturated rings. The monoisotopic (exact) mass is 250 g/mol. The van der Waals surface area contributed by atoms with Gasteiger partial charge in [-0.05, 0) is 38.7 Å². The zero-order valence-electron chi connectivity index (χ0n) is 11.0. The summed E-state index contributed by atoms with van der Waals surface area (Å²) in [6, 6.07) is 2.52. The van der Waals surface area contributed by atoms with Gasteiger partial charge in [0.05, 0.1) is 0 Å². The second-order valence-electron chi connectivity index (χ2n) is 4.95. The van der Waals surface area contributed by atoms with E-state index in [1.54, 1.807) is 10.9 Å². The van der Waals surface area contributed by atoms with E-state index < -0.39 is 0 Å². The fourth-order valence-electron chi connectivity index (χ4n) is 2.67. The van der Waals surface area contributed by atoms with Gasteiger partial charge in [-0.1, -0.05) is 0 Å². The molecule has 0 aliphatic heterocycles. The Morgan fingerprint density at radius 3 is 2.72 bits per heavy atom. The lowest BCUT2D eigenvalue weighted by Gasteiger charge is -2.35. The molecule has 2 N–H and O–H groups in total. The van der Waals surface area contributed by atoms with Crippen molar-refractivity contribution in [2.75, 3.05) is 6.54 Å². The van der Waals surface area contributed by atoms with E-state index >= 15 is 0 Å². The number of carbonyl (C=O) groups excluding carboxylic acids is 1. The van der Waals surface area contributed by atoms with Crippen LogP contribution in [0.1, 0.15) is 32.6 Å². The van der Waals surface area contributed by atoms with Crippen LogP contribution in [0.2, 0.25) is 0 Å². The standard InChI is InChI=1S/C13H22N4O/c1-2-17(12-6-4-11(14)5-7-12)13(18)10-16-9-3-8-15-16/h3,8-9,11-12H,2,4-7,10,14H2,1H3. The van der Waals surface area contributed by atoms with Crippen LogP contribution in [0.5, 0.6) is 0 Å². The highest BCUT2D eigenvalue weighted by atomic mass is 16.2. The zero-order chi connectivity index (χ0) is 13.0. The van der Waals surface area contributed by atoms with Crippen LogP contribution in [0.15, 0.2) is 18.5 Å². The highest BCUT2D eigenvalue weighted by Crippen LogP contribution is 2.22. The van der Waals surface area contributed by atoms with Crippen LogP contribution in [0.4, 0.5) is 0 Å². The predicted molar refractivity (Wildman–Crippen MR) is 69.8 cm³/mol. The van der Waals surface area contributed by atoms with Gasteiger partial charge in [-0.3, -0.25) is 9.48 Å². The van der Waals surface area contributed by atoms with Gasteiger partial charge in [0.2, 0.25) is 5.91 Å². The van der Waals surface area contributed by atoms with Crippen LogP contribution in [-0.2, 0) is 11.3 Å². The highest BCUT2D eigenvalue weighted by molar-refractivity contribution is 5.76. The van der Waals surface area contributed by atoms with Crippen LogP contribution in [0.25, 0.3) is 0 Å². The van der Waals surface area contributed by atoms with E-state index in [1.807, 2.05) is 24.1 Å². The molecular formula is C13H22N4O. The summed E-state index contributed by atoms with van der Waals surface area (Å²) in [5.74, 6) is 0.154. The summed E-state index contributed by atoms with van der Waals surface area (Å²) in [6.07, 6.45) is 7.62. The number of hydrogen-bond acceptors (Lipinski definition) is 3. The Balaban J connectivity index is 1.93. The summed E-state index contributed by atoms with van der Waals surface area (Å²) in [4.78, 5) is 14.2. The summed E-state index contributed by atoms with van der Waals surface area (Å²) >= 11 is 0. The molecule has 0 bridgehead atoms. The SMILES string of the molecule is CCN(C(=O)Cn1cccn1)C1CCC(N)CC1. The smallest absolute Gasteiger partial charge is 0.244 e. The summed E-state index contributed by atoms with van der Waals surface area (Å²) in [6.45, 7) is 3.14. The van der Waals surface area contributed by atoms with E-state index in [0.717, 1.165) is 32.2 Å². The molecule has 5 heteroatoms. The fourth-order valence-corrected chi connectivity index (χ4v) is 2.67. The first-order valence-electron chi connectivity index (χ1n) is 6.73. The molecule has 0 radical (unpaired) electrons. The van der Waals surface area contributed by atoms with Gasteiger partial charge in [0.1, 0.15) is 6.54 Å². The molecule has 2 rings (SSSR count). The molecule has 0 saturated heterocycles. The zero-order valence-corrected chi connectivity index (χ0v) is 11.0. The van der Waals surface area contributed by atoms with Crippen molar-refractivity contribution in [3.05, 3.63) is 18.5 Å². The third-order valence-electron chi connectivity index (χ3n) is 3.70. The van der Waals surface area contributed by atoms with Gasteiger partial charge in [0.15, 0.2) is 0 Å². The molecule has 0 aromatic carbocycles. The molecular weight excluding hydrogens is 228 g/mol. The summed E-state index contributed by atoms with van der Waals surface area (Å²) in [5, 5.41) is 4.08. The van der Waals surface area contributed by atoms with Crippen LogP contribution in [0, 0.1) is 0 Å². The number of amides is 1. The van der Waals surface area contributed by atoms with Crippen molar-refractivity contribution in [3.63, 3.8) is 0 Å². The van der Waals surface area contributed by atoms with Gasteiger partial charge in [-0.2, -0.15) is 5.10 Å². The number of nitrogens with two attached hydrogens (primary N) is 1. The van der Waals surface area contributed by atoms with Crippen molar-refractivity contribution >= 4 is 5.91 Å². The van der Waals surface area contributed by atoms with Gasteiger partial charge in [0, 0.05) is 31.0 Å². The molecule has 1 saturated carbocycles. The van der Waals surface area contributed by atoms with E-state index in [-0.39, 0.29) is 5.91 Å². The molecule has 100 valence electrons. The maximum atomic E-state index is 12.3. The summed E-state index contributed by atoms with van der Waals surface area (Å²) in [7, 11) is 0. The molecule has 1 aliphatic carbocycles. The highest BCUT2D eigenvalue weighted by Gasteiger charge is 2.26. The van der Waals surface area contributed by atoms with E-state index in [2.05, 4.69) is 5.10 Å². The molecule has 0 unspecified atom stereocenters. The Kier molecular flexibility index (Phi) is 4.36. The average Bonchev–Trinajstić information content (AvgIpc) is 2.85. The van der Waals surface area contributed by atoms with E-state index in [4.69, 9.17) is 5.73 Å². The van der Waals surface area contributed by atoms with E-state index in [9.17, 15) is 4.79 Å². The van der Waals surface area contributed by atoms with Gasteiger partial charge in [-0.15, -0.1) is 0 Å². The molecule has 0 spiro atoms. The molecule has 1 aromatic heterocycles. The minimum Gasteiger partial charge on any atom is -0.338 e. The predicted octanol–water partition coefficient (Wildman–Crippen LogP) is 1.00. The minimum absolute atomic E-state index is 0.154. The molecule has 5 nitrogen and oxygen atoms in total. The van der Waals surface area contributed by atoms with Crippen LogP contribution in [0.3, 0.4) is 0 Å². The molecule has 1 amide bonds. The van der Waals surface area contributed by atoms with Gasteiger partial charge in [-0.25, -0.2) is 0 Å².